The van der Waals surface area contributed by atoms with Gasteiger partial charge in [-0.2, -0.15) is 0 Å². The molecule has 2 amide bonds. The van der Waals surface area contributed by atoms with E-state index in [0.717, 1.165) is 48.4 Å². The molecule has 2 heterocycles. The molecule has 1 fully saturated rings. The summed E-state index contributed by atoms with van der Waals surface area (Å²) in [6.07, 6.45) is 6.85. The maximum absolute atomic E-state index is 13.2. The third kappa shape index (κ3) is 4.36. The number of aliphatic imine (C=N–C) groups is 1. The smallest absolute Gasteiger partial charge is 0.272 e. The van der Waals surface area contributed by atoms with E-state index < -0.39 is 5.41 Å². The van der Waals surface area contributed by atoms with Gasteiger partial charge in [0.1, 0.15) is 5.70 Å². The molecule has 2 N–H and O–H groups in total. The molecule has 0 aromatic heterocycles. The van der Waals surface area contributed by atoms with Gasteiger partial charge in [0.15, 0.2) is 0 Å². The first-order valence-electron chi connectivity index (χ1n) is 12.7. The van der Waals surface area contributed by atoms with Gasteiger partial charge < -0.3 is 15.5 Å². The summed E-state index contributed by atoms with van der Waals surface area (Å²) in [6.45, 7) is 11.8. The van der Waals surface area contributed by atoms with Crippen molar-refractivity contribution in [3.63, 3.8) is 0 Å². The zero-order valence-corrected chi connectivity index (χ0v) is 21.4. The predicted octanol–water partition coefficient (Wildman–Crippen LogP) is 5.22. The number of nitrogens with one attached hydrogen (secondary N) is 2. The van der Waals surface area contributed by atoms with Gasteiger partial charge in [0.25, 0.3) is 5.91 Å². The number of rotatable bonds is 5. The van der Waals surface area contributed by atoms with Crippen LogP contribution in [0.1, 0.15) is 50.3 Å². The van der Waals surface area contributed by atoms with Crippen LogP contribution in [0.3, 0.4) is 0 Å². The van der Waals surface area contributed by atoms with Crippen molar-refractivity contribution >= 4 is 29.4 Å². The minimum absolute atomic E-state index is 0.0642. The van der Waals surface area contributed by atoms with Gasteiger partial charge in [-0.15, -0.1) is 0 Å². The topological polar surface area (TPSA) is 73.8 Å². The second-order valence-corrected chi connectivity index (χ2v) is 11.0. The molecule has 36 heavy (non-hydrogen) atoms. The molecular formula is C30H34N4O2. The summed E-state index contributed by atoms with van der Waals surface area (Å²) in [5, 5.41) is 6.39. The van der Waals surface area contributed by atoms with Crippen molar-refractivity contribution in [1.82, 2.24) is 4.90 Å². The van der Waals surface area contributed by atoms with Crippen molar-refractivity contribution in [2.24, 2.45) is 10.4 Å². The van der Waals surface area contributed by atoms with E-state index in [4.69, 9.17) is 0 Å². The molecule has 2 aliphatic heterocycles. The summed E-state index contributed by atoms with van der Waals surface area (Å²) in [4.78, 5) is 32.5. The molecule has 1 spiro atoms. The first kappa shape index (κ1) is 24.0. The van der Waals surface area contributed by atoms with Crippen molar-refractivity contribution in [3.8, 4) is 0 Å². The number of fused-ring (bicyclic) bond motifs is 3. The third-order valence-corrected chi connectivity index (χ3v) is 7.61. The number of likely N-dealkylation sites (tertiary alicyclic amines) is 1. The van der Waals surface area contributed by atoms with Gasteiger partial charge in [-0.25, -0.2) is 0 Å². The van der Waals surface area contributed by atoms with Crippen molar-refractivity contribution < 1.29 is 9.59 Å². The number of allylic oxidation sites excluding steroid dienone is 1. The van der Waals surface area contributed by atoms with Crippen LogP contribution in [-0.2, 0) is 27.8 Å². The maximum Gasteiger partial charge on any atom is 0.272 e. The Morgan fingerprint density at radius 1 is 1.17 bits per heavy atom. The Morgan fingerprint density at radius 2 is 1.94 bits per heavy atom. The van der Waals surface area contributed by atoms with Crippen LogP contribution in [0.2, 0.25) is 0 Å². The van der Waals surface area contributed by atoms with Crippen LogP contribution in [0.5, 0.6) is 0 Å². The number of carbonyl (C=O) groups excluding carboxylic acids is 2. The fourth-order valence-electron chi connectivity index (χ4n) is 5.92. The standard InChI is InChI=1S/C30H34N4O2/c1-5-31-26(27(35)34-14-8-13-29(3,4)19-34)15-20(2)32-23-12-11-21-17-30(18-22(21)16-23)24-9-6-7-10-25(24)33-28(30)36/h5-7,9-12,15-16,32H,2,8,13-14,17-19H2,1,3-4H3,(H,33,36)/b26-15-,31-5?. The average Bonchev–Trinajstić information content (AvgIpc) is 3.35. The Bertz CT molecular complexity index is 1310. The molecule has 5 rings (SSSR count). The van der Waals surface area contributed by atoms with Crippen molar-refractivity contribution in [3.05, 3.63) is 83.2 Å². The van der Waals surface area contributed by atoms with Crippen LogP contribution < -0.4 is 10.6 Å². The number of nitrogens with zero attached hydrogens (tertiary/aromatic N) is 2. The number of hydrogen-bond acceptors (Lipinski definition) is 4. The highest BCUT2D eigenvalue weighted by atomic mass is 16.2. The molecule has 0 saturated carbocycles. The zero-order chi connectivity index (χ0) is 25.5. The summed E-state index contributed by atoms with van der Waals surface area (Å²) in [6, 6.07) is 14.2. The fraction of sp³-hybridized carbons (Fsp3) is 0.367. The molecule has 3 aliphatic rings. The number of piperidine rings is 1. The molecule has 0 bridgehead atoms. The minimum atomic E-state index is -0.536. The first-order valence-corrected chi connectivity index (χ1v) is 12.7. The summed E-state index contributed by atoms with van der Waals surface area (Å²) in [7, 11) is 0. The highest BCUT2D eigenvalue weighted by Gasteiger charge is 2.50. The summed E-state index contributed by atoms with van der Waals surface area (Å²) in [5.41, 5.74) is 5.77. The van der Waals surface area contributed by atoms with E-state index in [1.165, 1.54) is 5.56 Å². The van der Waals surface area contributed by atoms with Gasteiger partial charge in [-0.3, -0.25) is 14.6 Å². The van der Waals surface area contributed by atoms with Gasteiger partial charge in [-0.1, -0.05) is 44.7 Å². The molecule has 1 atom stereocenters. The molecule has 0 radical (unpaired) electrons. The lowest BCUT2D eigenvalue weighted by molar-refractivity contribution is -0.130. The zero-order valence-electron chi connectivity index (χ0n) is 21.4. The van der Waals surface area contributed by atoms with Gasteiger partial charge in [0.05, 0.1) is 5.41 Å². The highest BCUT2D eigenvalue weighted by molar-refractivity contribution is 6.07. The van der Waals surface area contributed by atoms with Crippen molar-refractivity contribution in [1.29, 1.82) is 0 Å². The minimum Gasteiger partial charge on any atom is -0.356 e. The number of carbonyl (C=O) groups is 2. The third-order valence-electron chi connectivity index (χ3n) is 7.61. The molecule has 186 valence electrons. The van der Waals surface area contributed by atoms with Crippen LogP contribution in [0.15, 0.2) is 71.5 Å². The van der Waals surface area contributed by atoms with E-state index in [9.17, 15) is 9.59 Å². The Kier molecular flexibility index (Phi) is 6.07. The molecule has 2 aromatic rings. The van der Waals surface area contributed by atoms with Gasteiger partial charge >= 0.3 is 0 Å². The number of anilines is 2. The van der Waals surface area contributed by atoms with Crippen LogP contribution in [0.25, 0.3) is 0 Å². The van der Waals surface area contributed by atoms with Crippen LogP contribution in [0.4, 0.5) is 11.4 Å². The van der Waals surface area contributed by atoms with Gasteiger partial charge in [0, 0.05) is 36.4 Å². The second kappa shape index (κ2) is 9.08. The number of benzene rings is 2. The molecule has 1 saturated heterocycles. The quantitative estimate of drug-likeness (QED) is 0.348. The predicted molar refractivity (Wildman–Crippen MR) is 145 cm³/mol. The van der Waals surface area contributed by atoms with Gasteiger partial charge in [0.2, 0.25) is 5.91 Å². The SMILES string of the molecule is C=C(/C=C(\N=CC)C(=O)N1CCCC(C)(C)C1)Nc1ccc2c(c1)CC1(C2)C(=O)Nc2ccccc21. The summed E-state index contributed by atoms with van der Waals surface area (Å²) in [5.74, 6) is 0.00820. The monoisotopic (exact) mass is 482 g/mol. The lowest BCUT2D eigenvalue weighted by Gasteiger charge is -2.38. The second-order valence-electron chi connectivity index (χ2n) is 11.0. The lowest BCUT2D eigenvalue weighted by atomic mass is 9.79. The van der Waals surface area contributed by atoms with Gasteiger partial charge in [-0.05, 0) is 79.0 Å². The van der Waals surface area contributed by atoms with Crippen LogP contribution in [-0.4, -0.2) is 36.0 Å². The van der Waals surface area contributed by atoms with Crippen molar-refractivity contribution in [2.75, 3.05) is 23.7 Å². The van der Waals surface area contributed by atoms with Crippen LogP contribution >= 0.6 is 0 Å². The Balaban J connectivity index is 1.33. The number of para-hydroxylation sites is 1. The molecule has 2 aromatic carbocycles. The Labute approximate surface area is 213 Å². The van der Waals surface area contributed by atoms with E-state index in [2.05, 4.69) is 54.3 Å². The highest BCUT2D eigenvalue weighted by Crippen LogP contribution is 2.47. The normalized spacial score (nSPS) is 22.5. The molecular weight excluding hydrogens is 448 g/mol. The van der Waals surface area contributed by atoms with Crippen LogP contribution in [0, 0.1) is 5.41 Å². The largest absolute Gasteiger partial charge is 0.356 e. The molecule has 1 unspecified atom stereocenters. The van der Waals surface area contributed by atoms with E-state index in [-0.39, 0.29) is 17.2 Å². The Morgan fingerprint density at radius 3 is 2.72 bits per heavy atom. The lowest BCUT2D eigenvalue weighted by Crippen LogP contribution is -2.44. The molecule has 6 nitrogen and oxygen atoms in total. The van der Waals surface area contributed by atoms with E-state index in [1.54, 1.807) is 12.3 Å². The molecule has 6 heteroatoms. The summed E-state index contributed by atoms with van der Waals surface area (Å²) >= 11 is 0. The average molecular weight is 483 g/mol. The Hall–Kier alpha value is -3.67. The number of amides is 2. The first-order chi connectivity index (χ1) is 17.2. The molecule has 1 aliphatic carbocycles. The fourth-order valence-corrected chi connectivity index (χ4v) is 5.92. The van der Waals surface area contributed by atoms with Crippen molar-refractivity contribution in [2.45, 2.75) is 51.9 Å². The van der Waals surface area contributed by atoms with E-state index >= 15 is 0 Å². The summed E-state index contributed by atoms with van der Waals surface area (Å²) < 4.78 is 0. The van der Waals surface area contributed by atoms with E-state index in [0.29, 0.717) is 24.2 Å². The number of hydrogen-bond donors (Lipinski definition) is 2. The van der Waals surface area contributed by atoms with E-state index in [1.807, 2.05) is 36.1 Å². The maximum atomic E-state index is 13.2.